The van der Waals surface area contributed by atoms with Gasteiger partial charge < -0.3 is 20.5 Å². The van der Waals surface area contributed by atoms with Crippen molar-refractivity contribution >= 4 is 18.3 Å². The van der Waals surface area contributed by atoms with Crippen LogP contribution < -0.4 is 11.1 Å². The van der Waals surface area contributed by atoms with Gasteiger partial charge in [0.2, 0.25) is 5.91 Å². The van der Waals surface area contributed by atoms with Gasteiger partial charge in [0.15, 0.2) is 0 Å². The Morgan fingerprint density at radius 1 is 1.42 bits per heavy atom. The molecule has 0 aromatic rings. The molecule has 1 saturated heterocycles. The van der Waals surface area contributed by atoms with E-state index in [2.05, 4.69) is 26.1 Å². The molecule has 5 nitrogen and oxygen atoms in total. The standard InChI is InChI=1S/C13H26N2O3.ClH/c1-12(2,3)10(17-4)9-15-11(16)13(14)5-7-18-8-6-13;/h10H,5-9,14H2,1-4H3,(H,15,16);1H. The van der Waals surface area contributed by atoms with Crippen molar-refractivity contribution in [2.45, 2.75) is 45.3 Å². The summed E-state index contributed by atoms with van der Waals surface area (Å²) in [6.07, 6.45) is 1.13. The summed E-state index contributed by atoms with van der Waals surface area (Å²) in [4.78, 5) is 12.1. The molecule has 1 fully saturated rings. The summed E-state index contributed by atoms with van der Waals surface area (Å²) in [5, 5.41) is 2.91. The molecule has 1 rings (SSSR count). The molecule has 1 aliphatic heterocycles. The molecule has 0 spiro atoms. The smallest absolute Gasteiger partial charge is 0.240 e. The topological polar surface area (TPSA) is 73.6 Å². The van der Waals surface area contributed by atoms with Crippen LogP contribution in [0.1, 0.15) is 33.6 Å². The van der Waals surface area contributed by atoms with E-state index in [-0.39, 0.29) is 29.8 Å². The molecule has 19 heavy (non-hydrogen) atoms. The SMILES string of the molecule is COC(CNC(=O)C1(N)CCOCC1)C(C)(C)C.Cl. The number of methoxy groups -OCH3 is 1. The van der Waals surface area contributed by atoms with Crippen molar-refractivity contribution < 1.29 is 14.3 Å². The molecule has 0 radical (unpaired) electrons. The Morgan fingerprint density at radius 3 is 2.37 bits per heavy atom. The second-order valence-corrected chi connectivity index (χ2v) is 6.07. The monoisotopic (exact) mass is 294 g/mol. The number of halogens is 1. The lowest BCUT2D eigenvalue weighted by molar-refractivity contribution is -0.130. The molecule has 0 bridgehead atoms. The number of nitrogens with one attached hydrogen (secondary N) is 1. The third-order valence-electron chi connectivity index (χ3n) is 3.54. The minimum Gasteiger partial charge on any atom is -0.381 e. The zero-order chi connectivity index (χ0) is 13.8. The Kier molecular flexibility index (Phi) is 7.29. The minimum atomic E-state index is -0.783. The average molecular weight is 295 g/mol. The van der Waals surface area contributed by atoms with Crippen molar-refractivity contribution in [3.8, 4) is 0 Å². The van der Waals surface area contributed by atoms with Crippen LogP contribution in [0.25, 0.3) is 0 Å². The van der Waals surface area contributed by atoms with Gasteiger partial charge in [-0.25, -0.2) is 0 Å². The number of ether oxygens (including phenoxy) is 2. The molecule has 1 unspecified atom stereocenters. The summed E-state index contributed by atoms with van der Waals surface area (Å²) in [6, 6.07) is 0. The lowest BCUT2D eigenvalue weighted by Crippen LogP contribution is -2.58. The van der Waals surface area contributed by atoms with Gasteiger partial charge >= 0.3 is 0 Å². The first-order valence-electron chi connectivity index (χ1n) is 6.47. The predicted molar refractivity (Wildman–Crippen MR) is 77.5 cm³/mol. The fraction of sp³-hybridized carbons (Fsp3) is 0.923. The van der Waals surface area contributed by atoms with Crippen LogP contribution in [-0.4, -0.2) is 44.4 Å². The predicted octanol–water partition coefficient (Wildman–Crippen LogP) is 1.09. The molecular formula is C13H27ClN2O3. The normalized spacial score (nSPS) is 20.3. The van der Waals surface area contributed by atoms with Gasteiger partial charge in [-0.2, -0.15) is 0 Å². The number of rotatable bonds is 4. The summed E-state index contributed by atoms with van der Waals surface area (Å²) in [7, 11) is 1.66. The third kappa shape index (κ3) is 5.26. The second kappa shape index (κ2) is 7.43. The highest BCUT2D eigenvalue weighted by Gasteiger charge is 2.36. The largest absolute Gasteiger partial charge is 0.381 e. The van der Waals surface area contributed by atoms with E-state index in [0.717, 1.165) is 0 Å². The summed E-state index contributed by atoms with van der Waals surface area (Å²) in [5.41, 5.74) is 5.31. The number of carbonyl (C=O) groups is 1. The van der Waals surface area contributed by atoms with Gasteiger partial charge in [-0.05, 0) is 18.3 Å². The van der Waals surface area contributed by atoms with Crippen molar-refractivity contribution in [2.75, 3.05) is 26.9 Å². The van der Waals surface area contributed by atoms with E-state index >= 15 is 0 Å². The van der Waals surface area contributed by atoms with E-state index in [4.69, 9.17) is 15.2 Å². The zero-order valence-corrected chi connectivity index (χ0v) is 13.1. The fourth-order valence-corrected chi connectivity index (χ4v) is 2.07. The number of carbonyl (C=O) groups excluding carboxylic acids is 1. The highest BCUT2D eigenvalue weighted by molar-refractivity contribution is 5.86. The minimum absolute atomic E-state index is 0. The van der Waals surface area contributed by atoms with E-state index in [1.165, 1.54) is 0 Å². The van der Waals surface area contributed by atoms with Crippen LogP contribution in [0.3, 0.4) is 0 Å². The van der Waals surface area contributed by atoms with E-state index in [9.17, 15) is 4.79 Å². The van der Waals surface area contributed by atoms with Gasteiger partial charge in [-0.15, -0.1) is 12.4 Å². The molecular weight excluding hydrogens is 268 g/mol. The highest BCUT2D eigenvalue weighted by Crippen LogP contribution is 2.22. The van der Waals surface area contributed by atoms with Crippen LogP contribution in [0.4, 0.5) is 0 Å². The van der Waals surface area contributed by atoms with E-state index in [1.54, 1.807) is 7.11 Å². The lowest BCUT2D eigenvalue weighted by Gasteiger charge is -2.34. The van der Waals surface area contributed by atoms with Crippen LogP contribution in [0.15, 0.2) is 0 Å². The molecule has 1 heterocycles. The Bertz CT molecular complexity index is 286. The molecule has 0 aromatic heterocycles. The van der Waals surface area contributed by atoms with Gasteiger partial charge in [0.05, 0.1) is 11.6 Å². The van der Waals surface area contributed by atoms with Gasteiger partial charge in [-0.1, -0.05) is 20.8 Å². The molecule has 3 N–H and O–H groups in total. The van der Waals surface area contributed by atoms with Crippen molar-refractivity contribution in [3.05, 3.63) is 0 Å². The van der Waals surface area contributed by atoms with Gasteiger partial charge in [0.25, 0.3) is 0 Å². The molecule has 1 amide bonds. The highest BCUT2D eigenvalue weighted by atomic mass is 35.5. The summed E-state index contributed by atoms with van der Waals surface area (Å²) >= 11 is 0. The first-order valence-corrected chi connectivity index (χ1v) is 6.47. The molecule has 1 aliphatic rings. The van der Waals surface area contributed by atoms with E-state index in [0.29, 0.717) is 32.6 Å². The molecule has 1 atom stereocenters. The van der Waals surface area contributed by atoms with Crippen LogP contribution in [0.2, 0.25) is 0 Å². The maximum absolute atomic E-state index is 12.1. The van der Waals surface area contributed by atoms with Crippen LogP contribution >= 0.6 is 12.4 Å². The fourth-order valence-electron chi connectivity index (χ4n) is 2.07. The van der Waals surface area contributed by atoms with Crippen LogP contribution in [-0.2, 0) is 14.3 Å². The van der Waals surface area contributed by atoms with Gasteiger partial charge in [0, 0.05) is 26.9 Å². The number of amides is 1. The zero-order valence-electron chi connectivity index (χ0n) is 12.3. The maximum Gasteiger partial charge on any atom is 0.240 e. The van der Waals surface area contributed by atoms with Crippen molar-refractivity contribution in [2.24, 2.45) is 11.1 Å². The number of hydrogen-bond acceptors (Lipinski definition) is 4. The molecule has 6 heteroatoms. The maximum atomic E-state index is 12.1. The number of hydrogen-bond donors (Lipinski definition) is 2. The summed E-state index contributed by atoms with van der Waals surface area (Å²) < 4.78 is 10.6. The molecule has 0 saturated carbocycles. The first-order chi connectivity index (χ1) is 8.29. The van der Waals surface area contributed by atoms with Crippen molar-refractivity contribution in [1.82, 2.24) is 5.32 Å². The third-order valence-corrected chi connectivity index (χ3v) is 3.54. The van der Waals surface area contributed by atoms with Gasteiger partial charge in [0.1, 0.15) is 0 Å². The summed E-state index contributed by atoms with van der Waals surface area (Å²) in [5.74, 6) is -0.0999. The quantitative estimate of drug-likeness (QED) is 0.814. The van der Waals surface area contributed by atoms with Crippen LogP contribution in [0.5, 0.6) is 0 Å². The van der Waals surface area contributed by atoms with Crippen molar-refractivity contribution in [1.29, 1.82) is 0 Å². The average Bonchev–Trinajstić information content (AvgIpc) is 2.28. The molecule has 0 aliphatic carbocycles. The molecule has 0 aromatic carbocycles. The second-order valence-electron chi connectivity index (χ2n) is 6.07. The Labute approximate surface area is 122 Å². The van der Waals surface area contributed by atoms with Crippen LogP contribution in [0, 0.1) is 5.41 Å². The van der Waals surface area contributed by atoms with Gasteiger partial charge in [-0.3, -0.25) is 4.79 Å². The van der Waals surface area contributed by atoms with Crippen molar-refractivity contribution in [3.63, 3.8) is 0 Å². The Morgan fingerprint density at radius 2 is 1.95 bits per heavy atom. The molecule has 114 valence electrons. The first kappa shape index (κ1) is 18.6. The Balaban J connectivity index is 0.00000324. The van der Waals surface area contributed by atoms with E-state index in [1.807, 2.05) is 0 Å². The summed E-state index contributed by atoms with van der Waals surface area (Å²) in [6.45, 7) is 7.84. The number of nitrogens with two attached hydrogens (primary N) is 1. The van der Waals surface area contributed by atoms with E-state index < -0.39 is 5.54 Å². The Hall–Kier alpha value is -0.360. The lowest BCUT2D eigenvalue weighted by atomic mass is 9.87.